The molecule has 6 rings (SSSR count). The Morgan fingerprint density at radius 3 is 1.64 bits per heavy atom. The second kappa shape index (κ2) is 15.1. The van der Waals surface area contributed by atoms with Crippen LogP contribution in [0, 0.1) is 0 Å². The first kappa shape index (κ1) is 30.0. The summed E-state index contributed by atoms with van der Waals surface area (Å²) in [5, 5.41) is 7.83. The lowest BCUT2D eigenvalue weighted by Crippen LogP contribution is -2.23. The fourth-order valence-corrected chi connectivity index (χ4v) is 10.7. The van der Waals surface area contributed by atoms with Crippen molar-refractivity contribution in [3.8, 4) is 5.75 Å². The zero-order valence-electron chi connectivity index (χ0n) is 25.1. The number of hydrogen-bond donors (Lipinski definition) is 0. The molecule has 1 heterocycles. The molecule has 44 heavy (non-hydrogen) atoms. The van der Waals surface area contributed by atoms with Crippen LogP contribution in [-0.4, -0.2) is 0 Å². The maximum atomic E-state index is 7.38. The third-order valence-corrected chi connectivity index (χ3v) is 12.8. The summed E-state index contributed by atoms with van der Waals surface area (Å²) in [4.78, 5) is 0. The van der Waals surface area contributed by atoms with Gasteiger partial charge in [0, 0.05) is 17.0 Å². The summed E-state index contributed by atoms with van der Waals surface area (Å²) in [5.74, 6) is 2.12. The predicted molar refractivity (Wildman–Crippen MR) is 193 cm³/mol. The summed E-state index contributed by atoms with van der Waals surface area (Å²) in [6.45, 7) is 4.03. The first-order valence-corrected chi connectivity index (χ1v) is 18.1. The van der Waals surface area contributed by atoms with Gasteiger partial charge in [-0.1, -0.05) is 171 Å². The van der Waals surface area contributed by atoms with Gasteiger partial charge in [0.05, 0.1) is 0 Å². The van der Waals surface area contributed by atoms with E-state index in [0.717, 1.165) is 37.2 Å². The molecular weight excluding hydrogens is 570 g/mol. The molecule has 0 bridgehead atoms. The highest BCUT2D eigenvalue weighted by Gasteiger charge is 2.27. The van der Waals surface area contributed by atoms with Crippen molar-refractivity contribution in [2.75, 3.05) is 0 Å². The molecule has 3 heteroatoms. The van der Waals surface area contributed by atoms with Gasteiger partial charge in [0.2, 0.25) is 0 Å². The Kier molecular flexibility index (Phi) is 10.3. The SMILES string of the molecule is C=C/C=C\C(=C1/CCCCCc2cccc(P(c3ccccc3)c3ccccc3)c2O1)P(c1ccccc1)c1ccccc1. The summed E-state index contributed by atoms with van der Waals surface area (Å²) in [6, 6.07) is 50.6. The second-order valence-corrected chi connectivity index (χ2v) is 15.2. The molecule has 0 fully saturated rings. The number of allylic oxidation sites excluding steroid dienone is 5. The topological polar surface area (TPSA) is 9.23 Å². The van der Waals surface area contributed by atoms with Crippen LogP contribution >= 0.6 is 15.8 Å². The second-order valence-electron chi connectivity index (χ2n) is 10.8. The van der Waals surface area contributed by atoms with Crippen molar-refractivity contribution in [3.63, 3.8) is 0 Å². The summed E-state index contributed by atoms with van der Waals surface area (Å²) < 4.78 is 7.38. The molecule has 1 nitrogen and oxygen atoms in total. The summed E-state index contributed by atoms with van der Waals surface area (Å²) in [5.41, 5.74) is 1.30. The van der Waals surface area contributed by atoms with Crippen LogP contribution in [-0.2, 0) is 6.42 Å². The molecule has 5 aromatic rings. The first-order chi connectivity index (χ1) is 21.8. The Labute approximate surface area is 265 Å². The monoisotopic (exact) mass is 608 g/mol. The van der Waals surface area contributed by atoms with Gasteiger partial charge in [0.1, 0.15) is 11.5 Å². The quantitative estimate of drug-likeness (QED) is 0.126. The van der Waals surface area contributed by atoms with E-state index in [0.29, 0.717) is 0 Å². The number of benzene rings is 5. The van der Waals surface area contributed by atoms with Crippen LogP contribution in [0.5, 0.6) is 5.75 Å². The summed E-state index contributed by atoms with van der Waals surface area (Å²) in [6.07, 6.45) is 11.6. The number of ether oxygens (including phenoxy) is 1. The van der Waals surface area contributed by atoms with Gasteiger partial charge in [-0.3, -0.25) is 0 Å². The molecule has 0 aromatic heterocycles. The van der Waals surface area contributed by atoms with Gasteiger partial charge in [-0.05, 0) is 61.9 Å². The Morgan fingerprint density at radius 1 is 0.568 bits per heavy atom. The molecule has 0 saturated heterocycles. The van der Waals surface area contributed by atoms with Gasteiger partial charge in [-0.25, -0.2) is 0 Å². The van der Waals surface area contributed by atoms with E-state index >= 15 is 0 Å². The molecule has 0 N–H and O–H groups in total. The van der Waals surface area contributed by atoms with Gasteiger partial charge in [-0.15, -0.1) is 0 Å². The van der Waals surface area contributed by atoms with E-state index in [9.17, 15) is 0 Å². The lowest BCUT2D eigenvalue weighted by Gasteiger charge is -2.27. The van der Waals surface area contributed by atoms with Crippen LogP contribution in [0.2, 0.25) is 0 Å². The molecule has 218 valence electrons. The highest BCUT2D eigenvalue weighted by molar-refractivity contribution is 7.80. The molecule has 0 saturated carbocycles. The van der Waals surface area contributed by atoms with Gasteiger partial charge < -0.3 is 4.74 Å². The van der Waals surface area contributed by atoms with Crippen LogP contribution in [0.3, 0.4) is 0 Å². The zero-order valence-corrected chi connectivity index (χ0v) is 26.8. The first-order valence-electron chi connectivity index (χ1n) is 15.5. The van der Waals surface area contributed by atoms with Gasteiger partial charge >= 0.3 is 0 Å². The Hall–Kier alpha value is -4.02. The minimum atomic E-state index is -0.855. The van der Waals surface area contributed by atoms with Crippen LogP contribution in [0.25, 0.3) is 0 Å². The third-order valence-electron chi connectivity index (χ3n) is 7.87. The minimum absolute atomic E-state index is 0.819. The maximum absolute atomic E-state index is 7.38. The fraction of sp³-hybridized carbons (Fsp3) is 0.122. The molecule has 0 unspecified atom stereocenters. The fourth-order valence-electron chi connectivity index (χ4n) is 5.81. The lowest BCUT2D eigenvalue weighted by atomic mass is 10.1. The van der Waals surface area contributed by atoms with Crippen molar-refractivity contribution >= 4 is 42.4 Å². The highest BCUT2D eigenvalue weighted by atomic mass is 31.1. The summed E-state index contributed by atoms with van der Waals surface area (Å²) >= 11 is 0. The van der Waals surface area contributed by atoms with Gasteiger partial charge in [0.15, 0.2) is 0 Å². The van der Waals surface area contributed by atoms with E-state index in [2.05, 4.69) is 158 Å². The van der Waals surface area contributed by atoms with E-state index < -0.39 is 15.8 Å². The van der Waals surface area contributed by atoms with E-state index in [1.807, 2.05) is 6.08 Å². The number of para-hydroxylation sites is 1. The Bertz CT molecular complexity index is 1630. The molecule has 1 aliphatic rings. The van der Waals surface area contributed by atoms with Crippen molar-refractivity contribution in [2.24, 2.45) is 0 Å². The van der Waals surface area contributed by atoms with Crippen LogP contribution in [0.15, 0.2) is 175 Å². The number of hydrogen-bond acceptors (Lipinski definition) is 1. The van der Waals surface area contributed by atoms with E-state index in [4.69, 9.17) is 4.74 Å². The van der Waals surface area contributed by atoms with Crippen LogP contribution in [0.4, 0.5) is 0 Å². The highest BCUT2D eigenvalue weighted by Crippen LogP contribution is 2.48. The van der Waals surface area contributed by atoms with Crippen molar-refractivity contribution in [1.82, 2.24) is 0 Å². The van der Waals surface area contributed by atoms with Crippen LogP contribution in [0.1, 0.15) is 31.2 Å². The molecule has 0 spiro atoms. The maximum Gasteiger partial charge on any atom is 0.138 e. The van der Waals surface area contributed by atoms with Crippen molar-refractivity contribution in [1.29, 1.82) is 0 Å². The largest absolute Gasteiger partial charge is 0.460 e. The smallest absolute Gasteiger partial charge is 0.138 e. The number of rotatable bonds is 8. The molecule has 0 radical (unpaired) electrons. The molecule has 5 aromatic carbocycles. The van der Waals surface area contributed by atoms with E-state index in [1.165, 1.54) is 43.8 Å². The van der Waals surface area contributed by atoms with Crippen molar-refractivity contribution < 1.29 is 4.74 Å². The molecule has 1 aliphatic heterocycles. The van der Waals surface area contributed by atoms with Gasteiger partial charge in [0.25, 0.3) is 0 Å². The number of aryl methyl sites for hydroxylation is 1. The summed E-state index contributed by atoms with van der Waals surface area (Å²) in [7, 11) is -1.67. The van der Waals surface area contributed by atoms with E-state index in [1.54, 1.807) is 0 Å². The molecule has 0 aliphatic carbocycles. The average molecular weight is 609 g/mol. The van der Waals surface area contributed by atoms with Gasteiger partial charge in [-0.2, -0.15) is 0 Å². The van der Waals surface area contributed by atoms with Crippen molar-refractivity contribution in [3.05, 3.63) is 181 Å². The normalized spacial score (nSPS) is 14.8. The zero-order chi connectivity index (χ0) is 30.0. The predicted octanol–water partition coefficient (Wildman–Crippen LogP) is 9.03. The van der Waals surface area contributed by atoms with Crippen molar-refractivity contribution in [2.45, 2.75) is 32.1 Å². The number of fused-ring (bicyclic) bond motifs is 1. The average Bonchev–Trinajstić information content (AvgIpc) is 3.19. The molecule has 0 atom stereocenters. The minimum Gasteiger partial charge on any atom is -0.460 e. The molecular formula is C41H38OP2. The standard InChI is InChI=1S/C41H38OP2/c1-2-3-31-39(43(34-22-10-5-11-23-34)35-24-12-6-13-25-35)38-30-18-4-9-20-33-21-19-32-40(41(33)42-38)44(36-26-14-7-15-27-36)37-28-16-8-17-29-37/h2-3,5-8,10-17,19,21-29,31-32H,1,4,9,18,20,30H2/b31-3-,39-38-. The third kappa shape index (κ3) is 7.03. The van der Waals surface area contributed by atoms with E-state index in [-0.39, 0.29) is 0 Å². The Balaban J connectivity index is 1.58. The lowest BCUT2D eigenvalue weighted by molar-refractivity contribution is 0.400. The molecule has 0 amide bonds. The van der Waals surface area contributed by atoms with Crippen LogP contribution < -0.4 is 31.3 Å². The Morgan fingerprint density at radius 2 is 1.09 bits per heavy atom.